The van der Waals surface area contributed by atoms with Crippen LogP contribution in [0.3, 0.4) is 0 Å². The molecule has 1 aliphatic rings. The van der Waals surface area contributed by atoms with Gasteiger partial charge in [0.1, 0.15) is 17.3 Å². The van der Waals surface area contributed by atoms with Gasteiger partial charge in [-0.3, -0.25) is 0 Å². The largest absolute Gasteiger partial charge is 0.450 e. The average Bonchev–Trinajstić information content (AvgIpc) is 2.85. The van der Waals surface area contributed by atoms with Crippen molar-refractivity contribution in [3.05, 3.63) is 16.5 Å². The van der Waals surface area contributed by atoms with Crippen LogP contribution in [0.2, 0.25) is 0 Å². The van der Waals surface area contributed by atoms with E-state index in [1.807, 2.05) is 0 Å². The van der Waals surface area contributed by atoms with E-state index in [9.17, 15) is 8.42 Å². The van der Waals surface area contributed by atoms with E-state index in [1.54, 1.807) is 0 Å². The smallest absolute Gasteiger partial charge is 0.247 e. The Bertz CT molecular complexity index is 476. The highest BCUT2D eigenvalue weighted by molar-refractivity contribution is 9.10. The first-order valence-corrected chi connectivity index (χ1v) is 7.18. The Labute approximate surface area is 102 Å². The molecule has 7 heteroatoms. The number of aliphatic hydroxyl groups excluding tert-OH is 1. The molecule has 1 saturated heterocycles. The number of hydrogen-bond donors (Lipinski definition) is 1. The van der Waals surface area contributed by atoms with Crippen molar-refractivity contribution in [3.8, 4) is 0 Å². The number of furan rings is 1. The van der Waals surface area contributed by atoms with Crippen LogP contribution in [0.25, 0.3) is 0 Å². The number of aliphatic hydroxyl groups is 1. The van der Waals surface area contributed by atoms with Crippen LogP contribution in [-0.2, 0) is 16.6 Å². The van der Waals surface area contributed by atoms with Gasteiger partial charge in [-0.2, -0.15) is 4.31 Å². The van der Waals surface area contributed by atoms with Crippen molar-refractivity contribution in [2.75, 3.05) is 13.1 Å². The predicted octanol–water partition coefficient (Wildman–Crippen LogP) is 1.32. The van der Waals surface area contributed by atoms with Gasteiger partial charge < -0.3 is 9.52 Å². The van der Waals surface area contributed by atoms with E-state index in [-0.39, 0.29) is 21.9 Å². The summed E-state index contributed by atoms with van der Waals surface area (Å²) in [6.07, 6.45) is 1.78. The summed E-state index contributed by atoms with van der Waals surface area (Å²) in [7, 11) is -3.48. The second kappa shape index (κ2) is 4.48. The molecule has 0 radical (unpaired) electrons. The van der Waals surface area contributed by atoms with Gasteiger partial charge in [-0.1, -0.05) is 0 Å². The maximum atomic E-state index is 12.1. The van der Waals surface area contributed by atoms with Gasteiger partial charge in [-0.05, 0) is 28.8 Å². The van der Waals surface area contributed by atoms with Crippen molar-refractivity contribution in [1.29, 1.82) is 0 Å². The molecule has 1 aromatic rings. The van der Waals surface area contributed by atoms with Crippen molar-refractivity contribution in [1.82, 2.24) is 4.31 Å². The maximum Gasteiger partial charge on any atom is 0.247 e. The monoisotopic (exact) mass is 309 g/mol. The first-order chi connectivity index (χ1) is 7.55. The first kappa shape index (κ1) is 12.1. The van der Waals surface area contributed by atoms with Crippen LogP contribution in [0.5, 0.6) is 0 Å². The molecule has 1 aromatic heterocycles. The molecule has 0 spiro atoms. The molecule has 0 aromatic carbocycles. The topological polar surface area (TPSA) is 70.8 Å². The molecule has 1 fully saturated rings. The molecule has 0 aliphatic carbocycles. The summed E-state index contributed by atoms with van der Waals surface area (Å²) in [5.41, 5.74) is 0. The zero-order valence-electron chi connectivity index (χ0n) is 8.52. The van der Waals surface area contributed by atoms with Gasteiger partial charge in [0.15, 0.2) is 4.67 Å². The van der Waals surface area contributed by atoms with E-state index in [0.29, 0.717) is 13.1 Å². The maximum absolute atomic E-state index is 12.1. The number of rotatable bonds is 3. The molecular weight excluding hydrogens is 298 g/mol. The fourth-order valence-electron chi connectivity index (χ4n) is 1.72. The molecule has 90 valence electrons. The Hall–Kier alpha value is -0.370. The highest BCUT2D eigenvalue weighted by atomic mass is 79.9. The predicted molar refractivity (Wildman–Crippen MR) is 60.3 cm³/mol. The minimum absolute atomic E-state index is 0.0958. The van der Waals surface area contributed by atoms with Crippen LogP contribution in [-0.4, -0.2) is 30.9 Å². The summed E-state index contributed by atoms with van der Waals surface area (Å²) in [6, 6.07) is 1.36. The lowest BCUT2D eigenvalue weighted by Crippen LogP contribution is -2.27. The zero-order valence-corrected chi connectivity index (χ0v) is 10.9. The molecule has 16 heavy (non-hydrogen) atoms. The van der Waals surface area contributed by atoms with Crippen LogP contribution in [0, 0.1) is 0 Å². The van der Waals surface area contributed by atoms with Crippen LogP contribution < -0.4 is 0 Å². The number of halogens is 1. The molecule has 0 saturated carbocycles. The Morgan fingerprint density at radius 3 is 2.56 bits per heavy atom. The van der Waals surface area contributed by atoms with E-state index >= 15 is 0 Å². The molecule has 0 amide bonds. The molecule has 0 unspecified atom stereocenters. The summed E-state index contributed by atoms with van der Waals surface area (Å²) < 4.78 is 30.9. The second-order valence-electron chi connectivity index (χ2n) is 3.62. The lowest BCUT2D eigenvalue weighted by atomic mass is 10.4. The third-order valence-electron chi connectivity index (χ3n) is 2.55. The van der Waals surface area contributed by atoms with Crippen LogP contribution in [0.1, 0.15) is 18.6 Å². The summed E-state index contributed by atoms with van der Waals surface area (Å²) in [4.78, 5) is 0.0958. The van der Waals surface area contributed by atoms with Gasteiger partial charge in [0.05, 0.1) is 0 Å². The van der Waals surface area contributed by atoms with Crippen molar-refractivity contribution < 1.29 is 17.9 Å². The van der Waals surface area contributed by atoms with E-state index < -0.39 is 10.0 Å². The normalized spacial score (nSPS) is 18.1. The van der Waals surface area contributed by atoms with Gasteiger partial charge in [0, 0.05) is 19.2 Å². The minimum Gasteiger partial charge on any atom is -0.450 e. The molecule has 0 bridgehead atoms. The fourth-order valence-corrected chi connectivity index (χ4v) is 4.20. The highest BCUT2D eigenvalue weighted by Gasteiger charge is 2.31. The Morgan fingerprint density at radius 1 is 1.44 bits per heavy atom. The number of sulfonamides is 1. The Kier molecular flexibility index (Phi) is 3.39. The van der Waals surface area contributed by atoms with Crippen molar-refractivity contribution in [2.24, 2.45) is 0 Å². The van der Waals surface area contributed by atoms with Crippen LogP contribution in [0.15, 0.2) is 20.0 Å². The van der Waals surface area contributed by atoms with Gasteiger partial charge in [-0.15, -0.1) is 0 Å². The minimum atomic E-state index is -3.48. The van der Waals surface area contributed by atoms with E-state index in [1.165, 1.54) is 10.4 Å². The molecule has 2 rings (SSSR count). The van der Waals surface area contributed by atoms with Gasteiger partial charge in [0.2, 0.25) is 10.0 Å². The Morgan fingerprint density at radius 2 is 2.06 bits per heavy atom. The van der Waals surface area contributed by atoms with E-state index in [2.05, 4.69) is 15.9 Å². The van der Waals surface area contributed by atoms with Gasteiger partial charge in [0.25, 0.3) is 0 Å². The van der Waals surface area contributed by atoms with E-state index in [0.717, 1.165) is 12.8 Å². The molecular formula is C9H12BrNO4S. The highest BCUT2D eigenvalue weighted by Crippen LogP contribution is 2.30. The van der Waals surface area contributed by atoms with Crippen LogP contribution >= 0.6 is 15.9 Å². The molecule has 1 N–H and O–H groups in total. The molecule has 1 aliphatic heterocycles. The lowest BCUT2D eigenvalue weighted by molar-refractivity contribution is 0.245. The summed E-state index contributed by atoms with van der Waals surface area (Å²) in [5, 5.41) is 8.88. The quantitative estimate of drug-likeness (QED) is 0.914. The SMILES string of the molecule is O=S(=O)(c1cc(CO)oc1Br)N1CCCC1. The first-order valence-electron chi connectivity index (χ1n) is 4.95. The average molecular weight is 310 g/mol. The van der Waals surface area contributed by atoms with Gasteiger partial charge >= 0.3 is 0 Å². The van der Waals surface area contributed by atoms with Crippen molar-refractivity contribution >= 4 is 26.0 Å². The fraction of sp³-hybridized carbons (Fsp3) is 0.556. The summed E-state index contributed by atoms with van der Waals surface area (Å²) >= 11 is 3.06. The van der Waals surface area contributed by atoms with Crippen LogP contribution in [0.4, 0.5) is 0 Å². The lowest BCUT2D eigenvalue weighted by Gasteiger charge is -2.13. The number of nitrogens with zero attached hydrogens (tertiary/aromatic N) is 1. The van der Waals surface area contributed by atoms with E-state index in [4.69, 9.17) is 9.52 Å². The van der Waals surface area contributed by atoms with Crippen molar-refractivity contribution in [2.45, 2.75) is 24.3 Å². The third-order valence-corrected chi connectivity index (χ3v) is 5.30. The standard InChI is InChI=1S/C9H12BrNO4S/c10-9-8(5-7(6-12)15-9)16(13,14)11-3-1-2-4-11/h5,12H,1-4,6H2. The summed E-state index contributed by atoms with van der Waals surface area (Å²) in [6.45, 7) is 0.789. The van der Waals surface area contributed by atoms with Gasteiger partial charge in [-0.25, -0.2) is 8.42 Å². The second-order valence-corrected chi connectivity index (χ2v) is 6.25. The molecule has 0 atom stereocenters. The van der Waals surface area contributed by atoms with Crippen molar-refractivity contribution in [3.63, 3.8) is 0 Å². The Balaban J connectivity index is 2.38. The zero-order chi connectivity index (χ0) is 11.8. The molecule has 5 nitrogen and oxygen atoms in total. The summed E-state index contributed by atoms with van der Waals surface area (Å²) in [5.74, 6) is 0.240. The third kappa shape index (κ3) is 2.04. The number of hydrogen-bond acceptors (Lipinski definition) is 4. The molecule has 2 heterocycles.